The Morgan fingerprint density at radius 3 is 2.25 bits per heavy atom. The largest absolute Gasteiger partial charge is 0.380 e. The number of hydrogen-bond acceptors (Lipinski definition) is 2. The van der Waals surface area contributed by atoms with Crippen LogP contribution in [0, 0.1) is 11.3 Å². The van der Waals surface area contributed by atoms with E-state index in [0.717, 1.165) is 0 Å². The van der Waals surface area contributed by atoms with Gasteiger partial charge in [-0.05, 0) is 18.8 Å². The molecule has 2 rings (SSSR count). The number of hydrogen-bond donors (Lipinski definition) is 1. The van der Waals surface area contributed by atoms with Gasteiger partial charge in [0.1, 0.15) is 0 Å². The van der Waals surface area contributed by atoms with Crippen LogP contribution in [0.25, 0.3) is 0 Å². The topological polar surface area (TPSA) is 35.2 Å². The molecule has 0 bridgehead atoms. The van der Waals surface area contributed by atoms with Crippen molar-refractivity contribution in [2.24, 2.45) is 17.1 Å². The Balaban J connectivity index is 0.000000720. The van der Waals surface area contributed by atoms with Crippen molar-refractivity contribution in [3.8, 4) is 0 Å². The van der Waals surface area contributed by atoms with Crippen molar-refractivity contribution in [3.05, 3.63) is 0 Å². The lowest BCUT2D eigenvalue weighted by Crippen LogP contribution is -2.70. The summed E-state index contributed by atoms with van der Waals surface area (Å²) in [6.45, 7) is 2.20. The zero-order valence-corrected chi connectivity index (χ0v) is 8.56. The van der Waals surface area contributed by atoms with Crippen molar-refractivity contribution in [1.29, 1.82) is 0 Å². The van der Waals surface area contributed by atoms with Crippen LogP contribution in [-0.4, -0.2) is 19.3 Å². The average Bonchev–Trinajstić information content (AvgIpc) is 1.93. The molecule has 12 heavy (non-hydrogen) atoms. The molecule has 0 amide bonds. The van der Waals surface area contributed by atoms with Crippen molar-refractivity contribution in [2.75, 3.05) is 7.11 Å². The minimum atomic E-state index is 0. The molecule has 2 fully saturated rings. The molecule has 0 aromatic carbocycles. The Morgan fingerprint density at radius 2 is 2.00 bits per heavy atom. The van der Waals surface area contributed by atoms with Crippen LogP contribution in [-0.2, 0) is 4.74 Å². The molecule has 0 saturated heterocycles. The normalized spacial score (nSPS) is 42.8. The summed E-state index contributed by atoms with van der Waals surface area (Å²) < 4.78 is 5.45. The van der Waals surface area contributed by atoms with Gasteiger partial charge in [-0.1, -0.05) is 13.3 Å². The molecular weight excluding hydrogens is 174 g/mol. The summed E-state index contributed by atoms with van der Waals surface area (Å²) in [6.07, 6.45) is 4.38. The lowest BCUT2D eigenvalue weighted by Gasteiger charge is -2.63. The van der Waals surface area contributed by atoms with Gasteiger partial charge in [0.15, 0.2) is 0 Å². The van der Waals surface area contributed by atoms with Crippen molar-refractivity contribution >= 4 is 12.4 Å². The molecule has 2 nitrogen and oxygen atoms in total. The smallest absolute Gasteiger partial charge is 0.0682 e. The number of nitrogens with two attached hydrogens (primary N) is 1. The lowest BCUT2D eigenvalue weighted by molar-refractivity contribution is -0.191. The molecule has 2 N–H and O–H groups in total. The molecule has 0 aromatic heterocycles. The highest BCUT2D eigenvalue weighted by molar-refractivity contribution is 5.85. The van der Waals surface area contributed by atoms with E-state index in [1.54, 1.807) is 0 Å². The maximum Gasteiger partial charge on any atom is 0.0682 e. The van der Waals surface area contributed by atoms with Gasteiger partial charge in [-0.3, -0.25) is 0 Å². The maximum absolute atomic E-state index is 6.05. The van der Waals surface area contributed by atoms with Gasteiger partial charge >= 0.3 is 0 Å². The summed E-state index contributed by atoms with van der Waals surface area (Å²) in [4.78, 5) is 0. The molecule has 3 heteroatoms. The third-order valence-corrected chi connectivity index (χ3v) is 3.81. The van der Waals surface area contributed by atoms with E-state index in [1.807, 2.05) is 7.11 Å². The van der Waals surface area contributed by atoms with Crippen LogP contribution in [0.3, 0.4) is 0 Å². The van der Waals surface area contributed by atoms with Crippen LogP contribution in [0.5, 0.6) is 0 Å². The first-order chi connectivity index (χ1) is 5.22. The number of methoxy groups -OCH3 is 1. The van der Waals surface area contributed by atoms with Crippen LogP contribution < -0.4 is 5.73 Å². The minimum absolute atomic E-state index is 0. The molecule has 0 heterocycles. The predicted molar refractivity (Wildman–Crippen MR) is 51.5 cm³/mol. The van der Waals surface area contributed by atoms with E-state index in [4.69, 9.17) is 10.5 Å². The van der Waals surface area contributed by atoms with Gasteiger partial charge < -0.3 is 10.5 Å². The van der Waals surface area contributed by atoms with E-state index in [1.165, 1.54) is 19.3 Å². The molecule has 0 aromatic rings. The van der Waals surface area contributed by atoms with E-state index in [-0.39, 0.29) is 12.4 Å². The SMILES string of the molecule is COC1C(C)C(N)C12CCC2.Cl. The van der Waals surface area contributed by atoms with Crippen molar-refractivity contribution < 1.29 is 4.74 Å². The van der Waals surface area contributed by atoms with Gasteiger partial charge in [0.25, 0.3) is 0 Å². The second-order valence-electron chi connectivity index (χ2n) is 4.13. The molecular formula is C9H18ClNO. The molecule has 72 valence electrons. The van der Waals surface area contributed by atoms with Crippen molar-refractivity contribution in [1.82, 2.24) is 0 Å². The van der Waals surface area contributed by atoms with Gasteiger partial charge in [-0.2, -0.15) is 0 Å². The quantitative estimate of drug-likeness (QED) is 0.683. The number of halogens is 1. The second kappa shape index (κ2) is 3.17. The van der Waals surface area contributed by atoms with Crippen LogP contribution in [0.4, 0.5) is 0 Å². The standard InChI is InChI=1S/C9H17NO.ClH/c1-6-7(10)9(4-3-5-9)8(6)11-2;/h6-8H,3-5,10H2,1-2H3;1H. The maximum atomic E-state index is 6.05. The van der Waals surface area contributed by atoms with Crippen LogP contribution in [0.15, 0.2) is 0 Å². The van der Waals surface area contributed by atoms with Gasteiger partial charge in [-0.15, -0.1) is 12.4 Å². The number of ether oxygens (including phenoxy) is 1. The first kappa shape index (κ1) is 10.3. The summed E-state index contributed by atoms with van der Waals surface area (Å²) >= 11 is 0. The van der Waals surface area contributed by atoms with Gasteiger partial charge in [0.05, 0.1) is 6.10 Å². The number of rotatable bonds is 1. The van der Waals surface area contributed by atoms with Crippen LogP contribution in [0.2, 0.25) is 0 Å². The first-order valence-electron chi connectivity index (χ1n) is 4.51. The first-order valence-corrected chi connectivity index (χ1v) is 4.51. The van der Waals surface area contributed by atoms with E-state index >= 15 is 0 Å². The molecule has 1 spiro atoms. The Morgan fingerprint density at radius 1 is 1.42 bits per heavy atom. The highest BCUT2D eigenvalue weighted by atomic mass is 35.5. The summed E-state index contributed by atoms with van der Waals surface area (Å²) in [6, 6.07) is 0.404. The summed E-state index contributed by atoms with van der Waals surface area (Å²) in [5.74, 6) is 0.570. The van der Waals surface area contributed by atoms with Crippen LogP contribution >= 0.6 is 12.4 Å². The fraction of sp³-hybridized carbons (Fsp3) is 1.00. The van der Waals surface area contributed by atoms with E-state index in [2.05, 4.69) is 6.92 Å². The summed E-state index contributed by atoms with van der Waals surface area (Å²) in [7, 11) is 1.81. The Labute approximate surface area is 80.3 Å². The lowest BCUT2D eigenvalue weighted by atomic mass is 9.47. The van der Waals surface area contributed by atoms with E-state index in [0.29, 0.717) is 23.5 Å². The monoisotopic (exact) mass is 191 g/mol. The van der Waals surface area contributed by atoms with Crippen molar-refractivity contribution in [3.63, 3.8) is 0 Å². The van der Waals surface area contributed by atoms with Gasteiger partial charge in [-0.25, -0.2) is 0 Å². The predicted octanol–water partition coefficient (Wildman–Crippen LogP) is 1.57. The summed E-state index contributed by atoms with van der Waals surface area (Å²) in [5, 5.41) is 0. The fourth-order valence-electron chi connectivity index (χ4n) is 2.96. The Bertz CT molecular complexity index is 170. The molecule has 2 saturated carbocycles. The summed E-state index contributed by atoms with van der Waals surface area (Å²) in [5.41, 5.74) is 6.45. The molecule has 2 aliphatic carbocycles. The molecule has 2 aliphatic rings. The molecule has 3 unspecified atom stereocenters. The van der Waals surface area contributed by atoms with E-state index in [9.17, 15) is 0 Å². The average molecular weight is 192 g/mol. The molecule has 0 radical (unpaired) electrons. The highest BCUT2D eigenvalue weighted by Crippen LogP contribution is 2.58. The van der Waals surface area contributed by atoms with E-state index < -0.39 is 0 Å². The van der Waals surface area contributed by atoms with Crippen LogP contribution in [0.1, 0.15) is 26.2 Å². The van der Waals surface area contributed by atoms with Crippen molar-refractivity contribution in [2.45, 2.75) is 38.3 Å². The molecule has 3 atom stereocenters. The van der Waals surface area contributed by atoms with Gasteiger partial charge in [0.2, 0.25) is 0 Å². The fourth-order valence-corrected chi connectivity index (χ4v) is 2.96. The Kier molecular flexibility index (Phi) is 2.72. The zero-order chi connectivity index (χ0) is 8.06. The Hall–Kier alpha value is 0.210. The highest BCUT2D eigenvalue weighted by Gasteiger charge is 2.61. The minimum Gasteiger partial charge on any atom is -0.380 e. The van der Waals surface area contributed by atoms with Gasteiger partial charge in [0, 0.05) is 18.6 Å². The molecule has 0 aliphatic heterocycles. The second-order valence-corrected chi connectivity index (χ2v) is 4.13. The third-order valence-electron chi connectivity index (χ3n) is 3.81. The zero-order valence-electron chi connectivity index (χ0n) is 7.75. The third kappa shape index (κ3) is 0.949.